The molecule has 0 unspecified atom stereocenters. The molecule has 0 aromatic carbocycles. The molecule has 0 N–H and O–H groups in total. The van der Waals surface area contributed by atoms with Crippen molar-refractivity contribution in [2.24, 2.45) is 0 Å². The Hall–Kier alpha value is -0.163. The van der Waals surface area contributed by atoms with Gasteiger partial charge in [0.15, 0.2) is 14.1 Å². The molecule has 0 aliphatic carbocycles. The van der Waals surface area contributed by atoms with Crippen molar-refractivity contribution in [2.75, 3.05) is 6.61 Å². The Kier molecular flexibility index (Phi) is 8.18. The molecule has 0 radical (unpaired) electrons. The van der Waals surface area contributed by atoms with Crippen LogP contribution in [0.25, 0.3) is 0 Å². The molecule has 0 amide bonds. The zero-order chi connectivity index (χ0) is 18.4. The molecule has 1 saturated heterocycles. The monoisotopic (exact) mass is 356 g/mol. The molecule has 1 rings (SSSR count). The van der Waals surface area contributed by atoms with Gasteiger partial charge in [0, 0.05) is 0 Å². The Bertz CT molecular complexity index is 396. The first-order chi connectivity index (χ1) is 11.0. The van der Waals surface area contributed by atoms with Gasteiger partial charge in [0.2, 0.25) is 0 Å². The van der Waals surface area contributed by atoms with Crippen LogP contribution in [0.2, 0.25) is 18.1 Å². The van der Waals surface area contributed by atoms with E-state index in [4.69, 9.17) is 13.9 Å². The summed E-state index contributed by atoms with van der Waals surface area (Å²) in [6.07, 6.45) is 10.7. The molecule has 0 spiro atoms. The highest BCUT2D eigenvalue weighted by Crippen LogP contribution is 2.38. The van der Waals surface area contributed by atoms with Gasteiger partial charge in [-0.25, -0.2) is 0 Å². The average molecular weight is 357 g/mol. The van der Waals surface area contributed by atoms with Gasteiger partial charge in [0.25, 0.3) is 0 Å². The molecule has 0 saturated carbocycles. The van der Waals surface area contributed by atoms with Gasteiger partial charge in [-0.15, -0.1) is 0 Å². The van der Waals surface area contributed by atoms with Crippen LogP contribution in [0.4, 0.5) is 0 Å². The molecule has 24 heavy (non-hydrogen) atoms. The number of rotatable bonds is 9. The summed E-state index contributed by atoms with van der Waals surface area (Å²) < 4.78 is 18.5. The van der Waals surface area contributed by atoms with E-state index in [-0.39, 0.29) is 17.2 Å². The smallest absolute Gasteiger partial charge is 0.192 e. The van der Waals surface area contributed by atoms with Crippen LogP contribution < -0.4 is 0 Å². The summed E-state index contributed by atoms with van der Waals surface area (Å²) >= 11 is 0. The molecule has 3 nitrogen and oxygen atoms in total. The lowest BCUT2D eigenvalue weighted by Crippen LogP contribution is -2.43. The van der Waals surface area contributed by atoms with Gasteiger partial charge in [-0.05, 0) is 44.8 Å². The fourth-order valence-electron chi connectivity index (χ4n) is 2.58. The van der Waals surface area contributed by atoms with Crippen molar-refractivity contribution in [1.82, 2.24) is 0 Å². The molecular weight excluding hydrogens is 316 g/mol. The molecule has 1 aliphatic heterocycles. The van der Waals surface area contributed by atoms with Gasteiger partial charge in [-0.2, -0.15) is 0 Å². The fourth-order valence-corrected chi connectivity index (χ4v) is 3.60. The van der Waals surface area contributed by atoms with Crippen molar-refractivity contribution < 1.29 is 13.9 Å². The van der Waals surface area contributed by atoms with E-state index in [0.717, 1.165) is 6.42 Å². The van der Waals surface area contributed by atoms with Gasteiger partial charge in [-0.3, -0.25) is 0 Å². The SMILES string of the molecule is CCCCCC/C=C/[C@H]1OC(C)(C)O[C@@H]1CO[Si](C)(C)C(C)(C)C. The minimum Gasteiger partial charge on any atom is -0.414 e. The molecule has 2 atom stereocenters. The Morgan fingerprint density at radius 3 is 2.33 bits per heavy atom. The maximum absolute atomic E-state index is 6.36. The van der Waals surface area contributed by atoms with Crippen molar-refractivity contribution >= 4 is 8.32 Å². The van der Waals surface area contributed by atoms with Gasteiger partial charge in [0.05, 0.1) is 6.61 Å². The highest BCUT2D eigenvalue weighted by atomic mass is 28.4. The zero-order valence-corrected chi connectivity index (χ0v) is 18.3. The van der Waals surface area contributed by atoms with Crippen molar-refractivity contribution in [2.45, 2.75) is 110 Å². The first-order valence-electron chi connectivity index (χ1n) is 9.65. The first-order valence-corrected chi connectivity index (χ1v) is 12.6. The highest BCUT2D eigenvalue weighted by molar-refractivity contribution is 6.74. The maximum atomic E-state index is 6.36. The Morgan fingerprint density at radius 1 is 1.08 bits per heavy atom. The van der Waals surface area contributed by atoms with Gasteiger partial charge >= 0.3 is 0 Å². The van der Waals surface area contributed by atoms with Crippen LogP contribution in [0.5, 0.6) is 0 Å². The minimum atomic E-state index is -1.76. The summed E-state index contributed by atoms with van der Waals surface area (Å²) in [5, 5.41) is 0.215. The third-order valence-corrected chi connectivity index (χ3v) is 9.69. The summed E-state index contributed by atoms with van der Waals surface area (Å²) in [5.74, 6) is -0.529. The largest absolute Gasteiger partial charge is 0.414 e. The molecule has 142 valence electrons. The third-order valence-electron chi connectivity index (χ3n) is 5.19. The van der Waals surface area contributed by atoms with E-state index in [2.05, 4.69) is 52.9 Å². The number of hydrogen-bond donors (Lipinski definition) is 0. The van der Waals surface area contributed by atoms with E-state index in [9.17, 15) is 0 Å². The summed E-state index contributed by atoms with van der Waals surface area (Å²) in [6, 6.07) is 0. The van der Waals surface area contributed by atoms with Gasteiger partial charge in [0.1, 0.15) is 12.2 Å². The summed E-state index contributed by atoms with van der Waals surface area (Å²) in [5.41, 5.74) is 0. The molecule has 1 fully saturated rings. The van der Waals surface area contributed by atoms with Crippen LogP contribution in [0.15, 0.2) is 12.2 Å². The Balaban J connectivity index is 2.55. The van der Waals surface area contributed by atoms with Crippen LogP contribution in [-0.2, 0) is 13.9 Å². The van der Waals surface area contributed by atoms with E-state index in [1.54, 1.807) is 0 Å². The van der Waals surface area contributed by atoms with Crippen molar-refractivity contribution in [3.8, 4) is 0 Å². The van der Waals surface area contributed by atoms with Crippen LogP contribution in [0.3, 0.4) is 0 Å². The quantitative estimate of drug-likeness (QED) is 0.286. The Morgan fingerprint density at radius 2 is 1.75 bits per heavy atom. The van der Waals surface area contributed by atoms with E-state index < -0.39 is 14.1 Å². The van der Waals surface area contributed by atoms with E-state index in [1.165, 1.54) is 25.7 Å². The average Bonchev–Trinajstić information content (AvgIpc) is 2.74. The summed E-state index contributed by atoms with van der Waals surface area (Å²) in [7, 11) is -1.76. The van der Waals surface area contributed by atoms with Gasteiger partial charge in [-0.1, -0.05) is 59.1 Å². The summed E-state index contributed by atoms with van der Waals surface area (Å²) in [6.45, 7) is 18.2. The van der Waals surface area contributed by atoms with Crippen molar-refractivity contribution in [1.29, 1.82) is 0 Å². The second-order valence-corrected chi connectivity index (χ2v) is 13.8. The number of hydrogen-bond acceptors (Lipinski definition) is 3. The van der Waals surface area contributed by atoms with Crippen LogP contribution in [0, 0.1) is 0 Å². The molecule has 0 aromatic rings. The van der Waals surface area contributed by atoms with Crippen LogP contribution in [-0.4, -0.2) is 32.9 Å². The summed E-state index contributed by atoms with van der Waals surface area (Å²) in [4.78, 5) is 0. The normalized spacial score (nSPS) is 24.8. The van der Waals surface area contributed by atoms with Gasteiger partial charge < -0.3 is 13.9 Å². The van der Waals surface area contributed by atoms with Crippen molar-refractivity contribution in [3.63, 3.8) is 0 Å². The predicted octanol–water partition coefficient (Wildman–Crippen LogP) is 6.05. The lowest BCUT2D eigenvalue weighted by Gasteiger charge is -2.37. The minimum absolute atomic E-state index is 0.00376. The predicted molar refractivity (Wildman–Crippen MR) is 105 cm³/mol. The lowest BCUT2D eigenvalue weighted by molar-refractivity contribution is -0.145. The standard InChI is InChI=1S/C20H40O3Si/c1-9-10-11-12-13-14-15-17-18(23-20(5,6)22-17)16-21-24(7,8)19(2,3)4/h14-15,17-18H,9-13,16H2,1-8H3/b15-14+/t17-,18-/m1/s1. The number of ether oxygens (including phenoxy) is 2. The van der Waals surface area contributed by atoms with E-state index in [0.29, 0.717) is 6.61 Å². The molecule has 0 bridgehead atoms. The second kappa shape index (κ2) is 8.97. The van der Waals surface area contributed by atoms with Crippen molar-refractivity contribution in [3.05, 3.63) is 12.2 Å². The van der Waals surface area contributed by atoms with Crippen LogP contribution >= 0.6 is 0 Å². The fraction of sp³-hybridized carbons (Fsp3) is 0.900. The zero-order valence-electron chi connectivity index (χ0n) is 17.3. The number of unbranched alkanes of at least 4 members (excludes halogenated alkanes) is 4. The topological polar surface area (TPSA) is 27.7 Å². The third kappa shape index (κ3) is 6.99. The molecule has 1 heterocycles. The van der Waals surface area contributed by atoms with E-state index >= 15 is 0 Å². The highest BCUT2D eigenvalue weighted by Gasteiger charge is 2.43. The Labute approximate surface area is 151 Å². The van der Waals surface area contributed by atoms with E-state index in [1.807, 2.05) is 13.8 Å². The maximum Gasteiger partial charge on any atom is 0.192 e. The molecular formula is C20H40O3Si. The molecule has 1 aliphatic rings. The lowest BCUT2D eigenvalue weighted by atomic mass is 10.1. The molecule has 4 heteroatoms. The second-order valence-electron chi connectivity index (χ2n) is 8.99. The molecule has 0 aromatic heterocycles. The van der Waals surface area contributed by atoms with Crippen LogP contribution in [0.1, 0.15) is 73.6 Å². The first kappa shape index (κ1) is 21.9. The number of allylic oxidation sites excluding steroid dienone is 1.